The predicted octanol–water partition coefficient (Wildman–Crippen LogP) is 4.27. The van der Waals surface area contributed by atoms with Gasteiger partial charge in [-0.25, -0.2) is 0 Å². The van der Waals surface area contributed by atoms with Crippen LogP contribution in [0.4, 0.5) is 0 Å². The average molecular weight is 417 g/mol. The molecule has 1 aliphatic heterocycles. The first kappa shape index (κ1) is 22.4. The van der Waals surface area contributed by atoms with E-state index in [2.05, 4.69) is 13.8 Å². The number of carbonyl (C=O) groups excluding carboxylic acids is 2. The van der Waals surface area contributed by atoms with E-state index in [0.717, 1.165) is 38.8 Å². The molecule has 0 atom stereocenters. The van der Waals surface area contributed by atoms with Gasteiger partial charge in [-0.1, -0.05) is 12.8 Å². The number of likely N-dealkylation sites (tertiary alicyclic amines) is 1. The van der Waals surface area contributed by atoms with Crippen LogP contribution in [0.2, 0.25) is 0 Å². The molecule has 0 radical (unpaired) electrons. The molecule has 1 aromatic carbocycles. The van der Waals surface area contributed by atoms with Gasteiger partial charge in [0.15, 0.2) is 18.1 Å². The number of ether oxygens (including phenoxy) is 2. The van der Waals surface area contributed by atoms with Crippen LogP contribution in [0.3, 0.4) is 0 Å². The molecule has 0 aromatic heterocycles. The third-order valence-electron chi connectivity index (χ3n) is 6.06. The van der Waals surface area contributed by atoms with E-state index >= 15 is 0 Å². The molecule has 166 valence electrons. The van der Waals surface area contributed by atoms with Gasteiger partial charge in [0.25, 0.3) is 11.8 Å². The van der Waals surface area contributed by atoms with Gasteiger partial charge in [-0.05, 0) is 71.1 Å². The third kappa shape index (κ3) is 5.46. The molecule has 6 heteroatoms. The Hall–Kier alpha value is -2.24. The molecule has 1 aliphatic carbocycles. The molecule has 2 aliphatic rings. The van der Waals surface area contributed by atoms with Gasteiger partial charge in [0.2, 0.25) is 0 Å². The van der Waals surface area contributed by atoms with E-state index in [1.165, 1.54) is 19.3 Å². The maximum atomic E-state index is 13.3. The highest BCUT2D eigenvalue weighted by Crippen LogP contribution is 2.31. The van der Waals surface area contributed by atoms with E-state index in [9.17, 15) is 9.59 Å². The van der Waals surface area contributed by atoms with E-state index in [1.54, 1.807) is 18.2 Å². The van der Waals surface area contributed by atoms with Gasteiger partial charge in [0.1, 0.15) is 0 Å². The van der Waals surface area contributed by atoms with Gasteiger partial charge in [0.05, 0.1) is 6.61 Å². The van der Waals surface area contributed by atoms with Crippen molar-refractivity contribution >= 4 is 11.8 Å². The monoisotopic (exact) mass is 416 g/mol. The second-order valence-corrected chi connectivity index (χ2v) is 8.57. The Kier molecular flexibility index (Phi) is 8.00. The van der Waals surface area contributed by atoms with Gasteiger partial charge in [-0.3, -0.25) is 9.59 Å². The maximum Gasteiger partial charge on any atom is 0.260 e. The number of hydrogen-bond donors (Lipinski definition) is 0. The molecule has 0 N–H and O–H groups in total. The maximum absolute atomic E-state index is 13.3. The van der Waals surface area contributed by atoms with Crippen molar-refractivity contribution in [3.05, 3.63) is 23.8 Å². The first-order valence-corrected chi connectivity index (χ1v) is 11.5. The lowest BCUT2D eigenvalue weighted by Gasteiger charge is -2.33. The summed E-state index contributed by atoms with van der Waals surface area (Å²) in [6, 6.07) is 5.77. The quantitative estimate of drug-likeness (QED) is 0.635. The molecule has 1 heterocycles. The Morgan fingerprint density at radius 2 is 1.73 bits per heavy atom. The largest absolute Gasteiger partial charge is 0.490 e. The fourth-order valence-electron chi connectivity index (χ4n) is 4.56. The molecule has 0 bridgehead atoms. The fourth-order valence-corrected chi connectivity index (χ4v) is 4.56. The molecule has 2 amide bonds. The summed E-state index contributed by atoms with van der Waals surface area (Å²) in [6.07, 6.45) is 7.81. The lowest BCUT2D eigenvalue weighted by atomic mass is 10.1. The molecule has 2 fully saturated rings. The Morgan fingerprint density at radius 1 is 1.03 bits per heavy atom. The number of carbonyl (C=O) groups is 2. The molecule has 3 rings (SSSR count). The van der Waals surface area contributed by atoms with Crippen LogP contribution in [-0.4, -0.2) is 60.0 Å². The summed E-state index contributed by atoms with van der Waals surface area (Å²) >= 11 is 0. The molecule has 30 heavy (non-hydrogen) atoms. The SMILES string of the molecule is CCOc1cc(C(=O)N(C(C)C)C2CCCC2)ccc1OCC(=O)N1CCCCC1. The highest BCUT2D eigenvalue weighted by atomic mass is 16.5. The Balaban J connectivity index is 1.71. The molecule has 1 aromatic rings. The van der Waals surface area contributed by atoms with Gasteiger partial charge >= 0.3 is 0 Å². The summed E-state index contributed by atoms with van der Waals surface area (Å²) in [5, 5.41) is 0. The van der Waals surface area contributed by atoms with Crippen molar-refractivity contribution in [3.63, 3.8) is 0 Å². The Bertz CT molecular complexity index is 722. The number of piperidine rings is 1. The lowest BCUT2D eigenvalue weighted by molar-refractivity contribution is -0.134. The highest BCUT2D eigenvalue weighted by Gasteiger charge is 2.30. The molecule has 0 unspecified atom stereocenters. The summed E-state index contributed by atoms with van der Waals surface area (Å²) in [6.45, 7) is 8.11. The summed E-state index contributed by atoms with van der Waals surface area (Å²) in [5.74, 6) is 1.07. The van der Waals surface area contributed by atoms with E-state index < -0.39 is 0 Å². The van der Waals surface area contributed by atoms with Crippen LogP contribution < -0.4 is 9.47 Å². The van der Waals surface area contributed by atoms with Crippen LogP contribution in [0, 0.1) is 0 Å². The molecular weight excluding hydrogens is 380 g/mol. The van der Waals surface area contributed by atoms with Crippen molar-refractivity contribution < 1.29 is 19.1 Å². The number of amides is 2. The van der Waals surface area contributed by atoms with Gasteiger partial charge < -0.3 is 19.3 Å². The second kappa shape index (κ2) is 10.7. The van der Waals surface area contributed by atoms with Crippen LogP contribution in [0.5, 0.6) is 11.5 Å². The smallest absolute Gasteiger partial charge is 0.260 e. The minimum atomic E-state index is -0.00639. The summed E-state index contributed by atoms with van der Waals surface area (Å²) in [7, 11) is 0. The van der Waals surface area contributed by atoms with Crippen molar-refractivity contribution in [2.75, 3.05) is 26.3 Å². The van der Waals surface area contributed by atoms with Crippen molar-refractivity contribution in [1.29, 1.82) is 0 Å². The van der Waals surface area contributed by atoms with Crippen LogP contribution in [-0.2, 0) is 4.79 Å². The third-order valence-corrected chi connectivity index (χ3v) is 6.06. The van der Waals surface area contributed by atoms with Gasteiger partial charge in [-0.15, -0.1) is 0 Å². The zero-order chi connectivity index (χ0) is 21.5. The highest BCUT2D eigenvalue weighted by molar-refractivity contribution is 5.95. The van der Waals surface area contributed by atoms with Crippen molar-refractivity contribution in [1.82, 2.24) is 9.80 Å². The van der Waals surface area contributed by atoms with Crippen molar-refractivity contribution in [3.8, 4) is 11.5 Å². The molecule has 1 saturated carbocycles. The topological polar surface area (TPSA) is 59.1 Å². The van der Waals surface area contributed by atoms with Crippen LogP contribution in [0.1, 0.15) is 76.1 Å². The normalized spacial score (nSPS) is 17.3. The van der Waals surface area contributed by atoms with Gasteiger partial charge in [-0.2, -0.15) is 0 Å². The minimum absolute atomic E-state index is 0.00418. The zero-order valence-corrected chi connectivity index (χ0v) is 18.7. The summed E-state index contributed by atoms with van der Waals surface area (Å²) in [5.41, 5.74) is 0.605. The van der Waals surface area contributed by atoms with E-state index in [4.69, 9.17) is 9.47 Å². The average Bonchev–Trinajstić information content (AvgIpc) is 3.27. The fraction of sp³-hybridized carbons (Fsp3) is 0.667. The molecule has 6 nitrogen and oxygen atoms in total. The second-order valence-electron chi connectivity index (χ2n) is 8.57. The van der Waals surface area contributed by atoms with E-state index in [0.29, 0.717) is 29.7 Å². The molecule has 0 spiro atoms. The van der Waals surface area contributed by atoms with Crippen LogP contribution >= 0.6 is 0 Å². The van der Waals surface area contributed by atoms with Crippen LogP contribution in [0.25, 0.3) is 0 Å². The Morgan fingerprint density at radius 3 is 2.37 bits per heavy atom. The number of rotatable bonds is 8. The summed E-state index contributed by atoms with van der Waals surface area (Å²) < 4.78 is 11.6. The van der Waals surface area contributed by atoms with E-state index in [-0.39, 0.29) is 24.5 Å². The number of nitrogens with zero attached hydrogens (tertiary/aromatic N) is 2. The van der Waals surface area contributed by atoms with E-state index in [1.807, 2.05) is 16.7 Å². The first-order chi connectivity index (χ1) is 14.5. The minimum Gasteiger partial charge on any atom is -0.490 e. The van der Waals surface area contributed by atoms with Crippen molar-refractivity contribution in [2.45, 2.75) is 77.8 Å². The lowest BCUT2D eigenvalue weighted by Crippen LogP contribution is -2.43. The first-order valence-electron chi connectivity index (χ1n) is 11.5. The Labute approximate surface area is 180 Å². The molecular formula is C24H36N2O4. The predicted molar refractivity (Wildman–Crippen MR) is 117 cm³/mol. The van der Waals surface area contributed by atoms with Gasteiger partial charge in [0, 0.05) is 30.7 Å². The number of hydrogen-bond acceptors (Lipinski definition) is 4. The standard InChI is InChI=1S/C24H36N2O4/c1-4-29-22-16-19(24(28)26(18(2)3)20-10-6-7-11-20)12-13-21(22)30-17-23(27)25-14-8-5-9-15-25/h12-13,16,18,20H,4-11,14-15,17H2,1-3H3. The summed E-state index contributed by atoms with van der Waals surface area (Å²) in [4.78, 5) is 29.6. The van der Waals surface area contributed by atoms with Crippen molar-refractivity contribution in [2.24, 2.45) is 0 Å². The molecule has 1 saturated heterocycles. The zero-order valence-electron chi connectivity index (χ0n) is 18.7. The van der Waals surface area contributed by atoms with Crippen LogP contribution in [0.15, 0.2) is 18.2 Å². The number of benzene rings is 1.